The van der Waals surface area contributed by atoms with E-state index >= 15 is 0 Å². The van der Waals surface area contributed by atoms with Gasteiger partial charge in [-0.2, -0.15) is 4.99 Å². The Morgan fingerprint density at radius 1 is 1.47 bits per heavy atom. The van der Waals surface area contributed by atoms with Gasteiger partial charge >= 0.3 is 0 Å². The molecule has 3 heteroatoms. The number of carbonyl (C=O) groups excluding carboxylic acids is 1. The van der Waals surface area contributed by atoms with Gasteiger partial charge in [0.2, 0.25) is 6.08 Å². The van der Waals surface area contributed by atoms with Crippen LogP contribution in [0.5, 0.6) is 5.75 Å². The second kappa shape index (κ2) is 3.52. The van der Waals surface area contributed by atoms with Gasteiger partial charge in [0.25, 0.3) is 0 Å². The molecule has 0 spiro atoms. The van der Waals surface area contributed by atoms with E-state index in [1.807, 2.05) is 32.0 Å². The molecular formula is C12H13NO2. The van der Waals surface area contributed by atoms with Crippen molar-refractivity contribution in [2.75, 3.05) is 6.61 Å². The molecule has 1 aliphatic rings. The molecule has 0 aromatic heterocycles. The number of nitrogens with zero attached hydrogens (tertiary/aromatic N) is 1. The van der Waals surface area contributed by atoms with Gasteiger partial charge in [-0.05, 0) is 19.4 Å². The summed E-state index contributed by atoms with van der Waals surface area (Å²) in [5, 5.41) is 0. The number of benzene rings is 1. The first kappa shape index (κ1) is 9.94. The second-order valence-corrected chi connectivity index (χ2v) is 4.15. The van der Waals surface area contributed by atoms with Crippen LogP contribution in [0.2, 0.25) is 0 Å². The standard InChI is InChI=1S/C12H13NO2/c1-12(2,13-8-14)10-5-3-4-9-6-7-15-11(9)10/h3-5H,6-7H2,1-2H3. The molecule has 15 heavy (non-hydrogen) atoms. The van der Waals surface area contributed by atoms with Gasteiger partial charge in [-0.3, -0.25) is 0 Å². The van der Waals surface area contributed by atoms with Crippen molar-refractivity contribution < 1.29 is 9.53 Å². The van der Waals surface area contributed by atoms with Crippen LogP contribution in [-0.2, 0) is 16.8 Å². The maximum Gasteiger partial charge on any atom is 0.235 e. The van der Waals surface area contributed by atoms with E-state index in [9.17, 15) is 4.79 Å². The molecule has 1 aromatic carbocycles. The Labute approximate surface area is 88.8 Å². The molecule has 0 N–H and O–H groups in total. The smallest absolute Gasteiger partial charge is 0.235 e. The summed E-state index contributed by atoms with van der Waals surface area (Å²) in [6, 6.07) is 5.97. The Hall–Kier alpha value is -1.60. The molecule has 78 valence electrons. The maximum absolute atomic E-state index is 10.4. The number of hydrogen-bond acceptors (Lipinski definition) is 3. The highest BCUT2D eigenvalue weighted by atomic mass is 16.5. The van der Waals surface area contributed by atoms with Crippen molar-refractivity contribution in [3.63, 3.8) is 0 Å². The van der Waals surface area contributed by atoms with Gasteiger partial charge in [0.1, 0.15) is 5.75 Å². The van der Waals surface area contributed by atoms with E-state index in [-0.39, 0.29) is 0 Å². The summed E-state index contributed by atoms with van der Waals surface area (Å²) in [6.07, 6.45) is 2.55. The highest BCUT2D eigenvalue weighted by Gasteiger charge is 2.27. The number of aliphatic imine (C=N–C) groups is 1. The Balaban J connectivity index is 2.54. The molecular weight excluding hydrogens is 190 g/mol. The van der Waals surface area contributed by atoms with E-state index < -0.39 is 5.54 Å². The number of rotatable bonds is 2. The normalized spacial score (nSPS) is 14.0. The number of hydrogen-bond donors (Lipinski definition) is 0. The maximum atomic E-state index is 10.4. The quantitative estimate of drug-likeness (QED) is 0.546. The molecule has 0 aliphatic carbocycles. The van der Waals surface area contributed by atoms with Crippen molar-refractivity contribution in [2.24, 2.45) is 4.99 Å². The third-order valence-corrected chi connectivity index (χ3v) is 2.70. The number of isocyanates is 1. The van der Waals surface area contributed by atoms with E-state index in [1.165, 1.54) is 5.56 Å². The summed E-state index contributed by atoms with van der Waals surface area (Å²) in [4.78, 5) is 14.2. The van der Waals surface area contributed by atoms with E-state index in [2.05, 4.69) is 4.99 Å². The van der Waals surface area contributed by atoms with Gasteiger partial charge < -0.3 is 4.74 Å². The number of para-hydroxylation sites is 1. The van der Waals surface area contributed by atoms with Crippen LogP contribution < -0.4 is 4.74 Å². The average Bonchev–Trinajstić information content (AvgIpc) is 2.64. The van der Waals surface area contributed by atoms with Crippen LogP contribution in [0.1, 0.15) is 25.0 Å². The van der Waals surface area contributed by atoms with Gasteiger partial charge in [0.05, 0.1) is 12.1 Å². The third kappa shape index (κ3) is 1.66. The molecule has 1 aliphatic heterocycles. The zero-order valence-corrected chi connectivity index (χ0v) is 8.91. The summed E-state index contributed by atoms with van der Waals surface area (Å²) < 4.78 is 5.57. The first-order chi connectivity index (χ1) is 7.15. The van der Waals surface area contributed by atoms with Gasteiger partial charge in [-0.25, -0.2) is 4.79 Å². The van der Waals surface area contributed by atoms with Crippen LogP contribution >= 0.6 is 0 Å². The second-order valence-electron chi connectivity index (χ2n) is 4.15. The van der Waals surface area contributed by atoms with Crippen LogP contribution in [0.25, 0.3) is 0 Å². The molecule has 1 aromatic rings. The molecule has 0 radical (unpaired) electrons. The van der Waals surface area contributed by atoms with Gasteiger partial charge in [-0.1, -0.05) is 18.2 Å². The Bertz CT molecular complexity index is 431. The monoisotopic (exact) mass is 203 g/mol. The van der Waals surface area contributed by atoms with Crippen molar-refractivity contribution in [3.05, 3.63) is 29.3 Å². The highest BCUT2D eigenvalue weighted by Crippen LogP contribution is 2.37. The zero-order valence-electron chi connectivity index (χ0n) is 8.91. The Morgan fingerprint density at radius 2 is 2.27 bits per heavy atom. The molecule has 0 amide bonds. The molecule has 0 saturated carbocycles. The minimum Gasteiger partial charge on any atom is -0.493 e. The molecule has 0 atom stereocenters. The summed E-state index contributed by atoms with van der Waals surface area (Å²) in [6.45, 7) is 4.48. The third-order valence-electron chi connectivity index (χ3n) is 2.70. The number of ether oxygens (including phenoxy) is 1. The van der Waals surface area contributed by atoms with E-state index in [0.717, 1.165) is 17.7 Å². The van der Waals surface area contributed by atoms with Crippen molar-refractivity contribution in [2.45, 2.75) is 25.8 Å². The molecule has 0 bridgehead atoms. The SMILES string of the molecule is CC(C)(N=C=O)c1cccc2c1OCC2. The first-order valence-corrected chi connectivity index (χ1v) is 4.99. The van der Waals surface area contributed by atoms with Crippen molar-refractivity contribution in [3.8, 4) is 5.75 Å². The van der Waals surface area contributed by atoms with Gasteiger partial charge in [0.15, 0.2) is 0 Å². The molecule has 1 heterocycles. The first-order valence-electron chi connectivity index (χ1n) is 4.99. The fourth-order valence-electron chi connectivity index (χ4n) is 1.87. The lowest BCUT2D eigenvalue weighted by Crippen LogP contribution is -2.14. The molecule has 3 nitrogen and oxygen atoms in total. The van der Waals surface area contributed by atoms with E-state index in [1.54, 1.807) is 6.08 Å². The fourth-order valence-corrected chi connectivity index (χ4v) is 1.87. The van der Waals surface area contributed by atoms with Crippen LogP contribution in [-0.4, -0.2) is 12.7 Å². The van der Waals surface area contributed by atoms with Crippen LogP contribution in [0.15, 0.2) is 23.2 Å². The fraction of sp³-hybridized carbons (Fsp3) is 0.417. The molecule has 2 rings (SSSR count). The van der Waals surface area contributed by atoms with E-state index in [0.29, 0.717) is 6.61 Å². The van der Waals surface area contributed by atoms with Gasteiger partial charge in [0, 0.05) is 12.0 Å². The average molecular weight is 203 g/mol. The molecule has 0 fully saturated rings. The molecule has 0 saturated heterocycles. The van der Waals surface area contributed by atoms with Crippen molar-refractivity contribution >= 4 is 6.08 Å². The minimum atomic E-state index is -0.558. The topological polar surface area (TPSA) is 38.7 Å². The lowest BCUT2D eigenvalue weighted by molar-refractivity contribution is 0.345. The summed E-state index contributed by atoms with van der Waals surface area (Å²) in [7, 11) is 0. The molecule has 0 unspecified atom stereocenters. The minimum absolute atomic E-state index is 0.558. The predicted octanol–water partition coefficient (Wildman–Crippen LogP) is 2.19. The lowest BCUT2D eigenvalue weighted by Gasteiger charge is -2.20. The van der Waals surface area contributed by atoms with Crippen molar-refractivity contribution in [1.29, 1.82) is 0 Å². The highest BCUT2D eigenvalue weighted by molar-refractivity contribution is 5.49. The van der Waals surface area contributed by atoms with Crippen LogP contribution in [0, 0.1) is 0 Å². The predicted molar refractivity (Wildman–Crippen MR) is 56.8 cm³/mol. The number of fused-ring (bicyclic) bond motifs is 1. The Morgan fingerprint density at radius 3 is 3.00 bits per heavy atom. The summed E-state index contributed by atoms with van der Waals surface area (Å²) >= 11 is 0. The van der Waals surface area contributed by atoms with Crippen LogP contribution in [0.4, 0.5) is 0 Å². The Kier molecular flexibility index (Phi) is 2.33. The zero-order chi connectivity index (χ0) is 10.9. The summed E-state index contributed by atoms with van der Waals surface area (Å²) in [5.41, 5.74) is 1.60. The largest absolute Gasteiger partial charge is 0.493 e. The van der Waals surface area contributed by atoms with Gasteiger partial charge in [-0.15, -0.1) is 0 Å². The van der Waals surface area contributed by atoms with Crippen LogP contribution in [0.3, 0.4) is 0 Å². The van der Waals surface area contributed by atoms with E-state index in [4.69, 9.17) is 4.74 Å². The summed E-state index contributed by atoms with van der Waals surface area (Å²) in [5.74, 6) is 0.890. The lowest BCUT2D eigenvalue weighted by atomic mass is 9.92. The van der Waals surface area contributed by atoms with Crippen molar-refractivity contribution in [1.82, 2.24) is 0 Å².